The molecular weight excluding hydrogens is 406 g/mol. The average Bonchev–Trinajstić information content (AvgIpc) is 3.28. The summed E-state index contributed by atoms with van der Waals surface area (Å²) in [6, 6.07) is 12.7. The lowest BCUT2D eigenvalue weighted by molar-refractivity contribution is -0.140. The number of furan rings is 2. The second-order valence-corrected chi connectivity index (χ2v) is 9.28. The van der Waals surface area contributed by atoms with Crippen molar-refractivity contribution in [2.24, 2.45) is 5.92 Å². The Balaban J connectivity index is 1.76. The zero-order valence-corrected chi connectivity index (χ0v) is 17.5. The molecule has 2 aromatic carbocycles. The quantitative estimate of drug-likeness (QED) is 0.467. The molecule has 4 aromatic rings. The van der Waals surface area contributed by atoms with E-state index in [2.05, 4.69) is 4.72 Å². The van der Waals surface area contributed by atoms with Crippen LogP contribution in [0.15, 0.2) is 62.3 Å². The highest BCUT2D eigenvalue weighted by Gasteiger charge is 2.28. The van der Waals surface area contributed by atoms with E-state index in [1.807, 2.05) is 37.3 Å². The molecule has 0 radical (unpaired) electrons. The molecule has 0 saturated heterocycles. The minimum Gasteiger partial charge on any atom is -0.480 e. The SMILES string of the molecule is Cc1ccc(-c2ccc3oc4cc(S(=O)(=O)NC(C(=O)O)C(C)C)ccc4c3c2)o1. The average molecular weight is 427 g/mol. The maximum atomic E-state index is 12.7. The Morgan fingerprint density at radius 1 is 0.967 bits per heavy atom. The van der Waals surface area contributed by atoms with Crippen LogP contribution in [0.25, 0.3) is 33.3 Å². The van der Waals surface area contributed by atoms with Crippen molar-refractivity contribution in [2.75, 3.05) is 0 Å². The van der Waals surface area contributed by atoms with E-state index in [0.717, 1.165) is 27.9 Å². The minimum absolute atomic E-state index is 0.0529. The molecule has 0 aliphatic rings. The predicted octanol–water partition coefficient (Wildman–Crippen LogP) is 4.54. The van der Waals surface area contributed by atoms with Crippen LogP contribution in [0.2, 0.25) is 0 Å². The van der Waals surface area contributed by atoms with Crippen molar-refractivity contribution >= 4 is 37.9 Å². The number of fused-ring (bicyclic) bond motifs is 3. The van der Waals surface area contributed by atoms with E-state index in [-0.39, 0.29) is 4.90 Å². The van der Waals surface area contributed by atoms with Gasteiger partial charge in [-0.3, -0.25) is 4.79 Å². The Bertz CT molecular complexity index is 1360. The lowest BCUT2D eigenvalue weighted by atomic mass is 10.1. The second-order valence-electron chi connectivity index (χ2n) is 7.56. The molecule has 0 spiro atoms. The molecule has 0 saturated carbocycles. The van der Waals surface area contributed by atoms with Crippen molar-refractivity contribution in [1.82, 2.24) is 4.72 Å². The fraction of sp³-hybridized carbons (Fsp3) is 0.227. The van der Waals surface area contributed by atoms with Crippen molar-refractivity contribution in [3.05, 3.63) is 54.3 Å². The molecule has 1 atom stereocenters. The fourth-order valence-corrected chi connectivity index (χ4v) is 4.73. The van der Waals surface area contributed by atoms with Crippen LogP contribution in [0.3, 0.4) is 0 Å². The Kier molecular flexibility index (Phi) is 4.91. The van der Waals surface area contributed by atoms with Gasteiger partial charge in [-0.2, -0.15) is 4.72 Å². The first kappa shape index (κ1) is 20.2. The third-order valence-electron chi connectivity index (χ3n) is 4.99. The number of sulfonamides is 1. The van der Waals surface area contributed by atoms with Crippen LogP contribution in [0, 0.1) is 12.8 Å². The summed E-state index contributed by atoms with van der Waals surface area (Å²) in [5.74, 6) is -0.0824. The van der Waals surface area contributed by atoms with Crippen LogP contribution < -0.4 is 4.72 Å². The van der Waals surface area contributed by atoms with Crippen molar-refractivity contribution in [2.45, 2.75) is 31.7 Å². The van der Waals surface area contributed by atoms with E-state index in [1.54, 1.807) is 19.9 Å². The van der Waals surface area contributed by atoms with E-state index < -0.39 is 28.0 Å². The molecule has 2 heterocycles. The molecule has 1 unspecified atom stereocenters. The van der Waals surface area contributed by atoms with Crippen LogP contribution in [0.4, 0.5) is 0 Å². The highest BCUT2D eigenvalue weighted by Crippen LogP contribution is 2.34. The highest BCUT2D eigenvalue weighted by atomic mass is 32.2. The van der Waals surface area contributed by atoms with E-state index in [9.17, 15) is 18.3 Å². The zero-order valence-electron chi connectivity index (χ0n) is 16.7. The predicted molar refractivity (Wildman–Crippen MR) is 113 cm³/mol. The van der Waals surface area contributed by atoms with Gasteiger partial charge < -0.3 is 13.9 Å². The maximum absolute atomic E-state index is 12.7. The number of nitrogens with one attached hydrogen (secondary N) is 1. The van der Waals surface area contributed by atoms with Crippen molar-refractivity contribution in [1.29, 1.82) is 0 Å². The summed E-state index contributed by atoms with van der Waals surface area (Å²) in [5, 5.41) is 10.9. The van der Waals surface area contributed by atoms with E-state index in [1.165, 1.54) is 12.1 Å². The van der Waals surface area contributed by atoms with Gasteiger partial charge in [-0.15, -0.1) is 0 Å². The molecular formula is C22H21NO6S. The largest absolute Gasteiger partial charge is 0.480 e. The highest BCUT2D eigenvalue weighted by molar-refractivity contribution is 7.89. The normalized spacial score (nSPS) is 13.3. The van der Waals surface area contributed by atoms with Gasteiger partial charge in [0.05, 0.1) is 4.90 Å². The van der Waals surface area contributed by atoms with Crippen molar-refractivity contribution in [3.63, 3.8) is 0 Å². The topological polar surface area (TPSA) is 110 Å². The van der Waals surface area contributed by atoms with Gasteiger partial charge in [0, 0.05) is 22.4 Å². The number of hydrogen-bond acceptors (Lipinski definition) is 5. The number of carboxylic acid groups (broad SMARTS) is 1. The Hall–Kier alpha value is -3.10. The van der Waals surface area contributed by atoms with Gasteiger partial charge in [-0.25, -0.2) is 8.42 Å². The number of carbonyl (C=O) groups is 1. The molecule has 0 bridgehead atoms. The zero-order chi connectivity index (χ0) is 21.6. The van der Waals surface area contributed by atoms with Gasteiger partial charge in [-0.05, 0) is 55.3 Å². The lowest BCUT2D eigenvalue weighted by Gasteiger charge is -2.17. The number of benzene rings is 2. The summed E-state index contributed by atoms with van der Waals surface area (Å²) >= 11 is 0. The molecule has 4 rings (SSSR count). The molecule has 0 aliphatic carbocycles. The standard InChI is InChI=1S/C22H21NO6S/c1-12(2)21(22(24)25)23-30(26,27)15-6-7-16-17-10-14(18-8-4-13(3)28-18)5-9-19(17)29-20(16)11-15/h4-12,21,23H,1-3H3,(H,24,25). The van der Waals surface area contributed by atoms with Gasteiger partial charge in [0.15, 0.2) is 0 Å². The fourth-order valence-electron chi connectivity index (χ4n) is 3.37. The summed E-state index contributed by atoms with van der Waals surface area (Å²) in [7, 11) is -4.03. The molecule has 2 aromatic heterocycles. The van der Waals surface area contributed by atoms with E-state index in [4.69, 9.17) is 8.83 Å². The summed E-state index contributed by atoms with van der Waals surface area (Å²) in [4.78, 5) is 11.3. The van der Waals surface area contributed by atoms with Gasteiger partial charge in [-0.1, -0.05) is 13.8 Å². The van der Waals surface area contributed by atoms with E-state index >= 15 is 0 Å². The number of rotatable bonds is 6. The van der Waals surface area contributed by atoms with Crippen LogP contribution in [0.5, 0.6) is 0 Å². The number of aryl methyl sites for hydroxylation is 1. The third kappa shape index (κ3) is 3.59. The summed E-state index contributed by atoms with van der Waals surface area (Å²) in [6.45, 7) is 5.16. The molecule has 30 heavy (non-hydrogen) atoms. The summed E-state index contributed by atoms with van der Waals surface area (Å²) in [5.41, 5.74) is 1.90. The lowest BCUT2D eigenvalue weighted by Crippen LogP contribution is -2.44. The Morgan fingerprint density at radius 3 is 2.37 bits per heavy atom. The monoisotopic (exact) mass is 427 g/mol. The molecule has 0 aliphatic heterocycles. The number of carboxylic acids is 1. The van der Waals surface area contributed by atoms with Gasteiger partial charge in [0.1, 0.15) is 28.7 Å². The number of aliphatic carboxylic acids is 1. The van der Waals surface area contributed by atoms with Crippen LogP contribution in [-0.2, 0) is 14.8 Å². The van der Waals surface area contributed by atoms with Crippen molar-refractivity contribution in [3.8, 4) is 11.3 Å². The molecule has 8 heteroatoms. The Labute approximate surface area is 173 Å². The third-order valence-corrected chi connectivity index (χ3v) is 6.43. The van der Waals surface area contributed by atoms with E-state index in [0.29, 0.717) is 11.2 Å². The maximum Gasteiger partial charge on any atom is 0.322 e. The summed E-state index contributed by atoms with van der Waals surface area (Å²) in [6.07, 6.45) is 0. The summed E-state index contributed by atoms with van der Waals surface area (Å²) < 4.78 is 39.2. The number of hydrogen-bond donors (Lipinski definition) is 2. The molecule has 2 N–H and O–H groups in total. The molecule has 0 amide bonds. The molecule has 0 fully saturated rings. The second kappa shape index (κ2) is 7.30. The van der Waals surface area contributed by atoms with Crippen LogP contribution >= 0.6 is 0 Å². The molecule has 156 valence electrons. The van der Waals surface area contributed by atoms with Crippen molar-refractivity contribution < 1.29 is 27.2 Å². The Morgan fingerprint density at radius 2 is 1.73 bits per heavy atom. The smallest absolute Gasteiger partial charge is 0.322 e. The first-order valence-electron chi connectivity index (χ1n) is 9.44. The minimum atomic E-state index is -4.03. The van der Waals surface area contributed by atoms with Crippen LogP contribution in [0.1, 0.15) is 19.6 Å². The van der Waals surface area contributed by atoms with Crippen LogP contribution in [-0.4, -0.2) is 25.5 Å². The first-order valence-corrected chi connectivity index (χ1v) is 10.9. The van der Waals surface area contributed by atoms with Gasteiger partial charge in [0.25, 0.3) is 0 Å². The molecule has 7 nitrogen and oxygen atoms in total. The van der Waals surface area contributed by atoms with Gasteiger partial charge in [0.2, 0.25) is 10.0 Å². The first-order chi connectivity index (χ1) is 14.2. The van der Waals surface area contributed by atoms with Gasteiger partial charge >= 0.3 is 5.97 Å².